The molecular formula is Cr2KO7Os+3. The van der Waals surface area contributed by atoms with E-state index in [0.717, 1.165) is 0 Å². The minimum absolute atomic E-state index is 0. The molecule has 0 aliphatic carbocycles. The SMILES string of the molecule is [K+].[O]=[Cr](=[O])([O-])[O][Cr](=[O])(=[O])[O-].[Os+4]. The fourth-order valence-corrected chi connectivity index (χ4v) is 1.74. The van der Waals surface area contributed by atoms with Gasteiger partial charge >= 0.3 is 125 Å². The summed E-state index contributed by atoms with van der Waals surface area (Å²) >= 11 is -12.1. The number of hydrogen-bond donors (Lipinski definition) is 0. The first kappa shape index (κ1) is 19.1. The van der Waals surface area contributed by atoms with E-state index in [1.807, 2.05) is 0 Å². The van der Waals surface area contributed by atoms with E-state index in [1.165, 1.54) is 0 Å². The molecule has 7 nitrogen and oxygen atoms in total. The van der Waals surface area contributed by atoms with Crippen molar-refractivity contribution < 1.29 is 125 Å². The summed E-state index contributed by atoms with van der Waals surface area (Å²) in [6, 6.07) is 0. The first-order valence-corrected chi connectivity index (χ1v) is 5.50. The largest absolute Gasteiger partial charge is 4.00 e. The number of hydrogen-bond acceptors (Lipinski definition) is 7. The van der Waals surface area contributed by atoms with Gasteiger partial charge in [0.1, 0.15) is 0 Å². The predicted octanol–water partition coefficient (Wildman–Crippen LogP) is -5.93. The van der Waals surface area contributed by atoms with Crippen molar-refractivity contribution in [2.24, 2.45) is 0 Å². The molecule has 0 bridgehead atoms. The fraction of sp³-hybridized carbons (Fsp3) is 0. The van der Waals surface area contributed by atoms with Crippen LogP contribution in [-0.2, 0) is 65.1 Å². The Balaban J connectivity index is -0.000000320. The van der Waals surface area contributed by atoms with Crippen molar-refractivity contribution in [2.75, 3.05) is 0 Å². The molecule has 0 heterocycles. The molecule has 11 heavy (non-hydrogen) atoms. The van der Waals surface area contributed by atoms with Crippen LogP contribution in [0.15, 0.2) is 0 Å². The Bertz CT molecular complexity index is 242. The molecular weight excluding hydrogens is 445 g/mol. The van der Waals surface area contributed by atoms with E-state index in [0.29, 0.717) is 0 Å². The minimum Gasteiger partial charge on any atom is 4.00 e. The Kier molecular flexibility index (Phi) is 11.8. The molecule has 0 aliphatic heterocycles. The molecule has 0 amide bonds. The average molecular weight is 445 g/mol. The molecule has 0 aromatic rings. The van der Waals surface area contributed by atoms with E-state index in [1.54, 1.807) is 0 Å². The van der Waals surface area contributed by atoms with Crippen LogP contribution in [0.25, 0.3) is 0 Å². The summed E-state index contributed by atoms with van der Waals surface area (Å²) in [6.45, 7) is 0. The topological polar surface area (TPSA) is 124 Å². The Morgan fingerprint density at radius 1 is 0.909 bits per heavy atom. The van der Waals surface area contributed by atoms with E-state index in [2.05, 4.69) is 2.84 Å². The number of rotatable bonds is 2. The van der Waals surface area contributed by atoms with E-state index in [4.69, 9.17) is 0 Å². The first-order valence-electron chi connectivity index (χ1n) is 1.33. The standard InChI is InChI=1S/2Cr.K.7O.Os/q;;+1;;;;;;2*-1;+4. The van der Waals surface area contributed by atoms with Crippen LogP contribution in [-0.4, -0.2) is 0 Å². The quantitative estimate of drug-likeness (QED) is 0.388. The van der Waals surface area contributed by atoms with Crippen molar-refractivity contribution in [2.45, 2.75) is 0 Å². The van der Waals surface area contributed by atoms with Crippen LogP contribution in [0.2, 0.25) is 0 Å². The Labute approximate surface area is 122 Å². The van der Waals surface area contributed by atoms with Crippen LogP contribution >= 0.6 is 0 Å². The second kappa shape index (κ2) is 6.81. The summed E-state index contributed by atoms with van der Waals surface area (Å²) < 4.78 is 58.9. The molecule has 0 saturated heterocycles. The van der Waals surface area contributed by atoms with Gasteiger partial charge in [-0.3, -0.25) is 0 Å². The van der Waals surface area contributed by atoms with Crippen LogP contribution in [0, 0.1) is 0 Å². The van der Waals surface area contributed by atoms with Gasteiger partial charge in [0.15, 0.2) is 0 Å². The van der Waals surface area contributed by atoms with Crippen molar-refractivity contribution in [3.05, 3.63) is 0 Å². The zero-order valence-electron chi connectivity index (χ0n) is 5.03. The van der Waals surface area contributed by atoms with Crippen molar-refractivity contribution in [3.8, 4) is 0 Å². The molecule has 11 heteroatoms. The molecule has 0 unspecified atom stereocenters. The Morgan fingerprint density at radius 2 is 1.09 bits per heavy atom. The van der Waals surface area contributed by atoms with E-state index in [-0.39, 0.29) is 71.2 Å². The van der Waals surface area contributed by atoms with Crippen LogP contribution in [0.1, 0.15) is 0 Å². The summed E-state index contributed by atoms with van der Waals surface area (Å²) in [5, 5.41) is 0. The summed E-state index contributed by atoms with van der Waals surface area (Å²) in [6.07, 6.45) is 0. The third-order valence-electron chi connectivity index (χ3n) is 0.167. The molecule has 0 saturated carbocycles. The monoisotopic (exact) mass is 447 g/mol. The summed E-state index contributed by atoms with van der Waals surface area (Å²) in [5.74, 6) is 0. The summed E-state index contributed by atoms with van der Waals surface area (Å²) in [5.41, 5.74) is 0. The van der Waals surface area contributed by atoms with Crippen LogP contribution in [0.3, 0.4) is 0 Å². The third kappa shape index (κ3) is 19.0. The smallest absolute Gasteiger partial charge is 4.00 e. The first-order chi connectivity index (χ1) is 3.71. The maximum absolute atomic E-state index is 9.38. The Hall–Kier alpha value is 2.42. The molecule has 0 spiro atoms. The van der Waals surface area contributed by atoms with Gasteiger partial charge in [0, 0.05) is 0 Å². The van der Waals surface area contributed by atoms with Gasteiger partial charge in [-0.05, 0) is 0 Å². The van der Waals surface area contributed by atoms with Gasteiger partial charge in [-0.2, -0.15) is 0 Å². The fourth-order valence-electron chi connectivity index (χ4n) is 0.102. The zero-order valence-corrected chi connectivity index (χ0v) is 13.2. The molecule has 0 aromatic carbocycles. The molecule has 0 N–H and O–H groups in total. The third-order valence-corrected chi connectivity index (χ3v) is 2.83. The predicted molar refractivity (Wildman–Crippen MR) is 3.83 cm³/mol. The second-order valence-electron chi connectivity index (χ2n) is 0.885. The van der Waals surface area contributed by atoms with Crippen molar-refractivity contribution in [1.29, 1.82) is 0 Å². The van der Waals surface area contributed by atoms with Gasteiger partial charge in [0.05, 0.1) is 0 Å². The van der Waals surface area contributed by atoms with Crippen LogP contribution in [0.4, 0.5) is 0 Å². The van der Waals surface area contributed by atoms with Crippen molar-refractivity contribution in [1.82, 2.24) is 0 Å². The van der Waals surface area contributed by atoms with Crippen molar-refractivity contribution >= 4 is 0 Å². The molecule has 0 radical (unpaired) electrons. The van der Waals surface area contributed by atoms with Gasteiger partial charge in [-0.25, -0.2) is 0 Å². The molecule has 0 aromatic heterocycles. The van der Waals surface area contributed by atoms with Crippen LogP contribution in [0.5, 0.6) is 0 Å². The maximum Gasteiger partial charge on any atom is 4.00 e. The normalized spacial score (nSPS) is 11.1. The minimum atomic E-state index is -6.07. The molecule has 0 rings (SSSR count). The summed E-state index contributed by atoms with van der Waals surface area (Å²) in [7, 11) is 0. The van der Waals surface area contributed by atoms with E-state index < -0.39 is 27.2 Å². The maximum atomic E-state index is 9.38. The van der Waals surface area contributed by atoms with Gasteiger partial charge in [0.25, 0.3) is 0 Å². The second-order valence-corrected chi connectivity index (χ2v) is 4.52. The van der Waals surface area contributed by atoms with Gasteiger partial charge in [0.2, 0.25) is 0 Å². The summed E-state index contributed by atoms with van der Waals surface area (Å²) in [4.78, 5) is 0. The molecule has 0 fully saturated rings. The molecule has 60 valence electrons. The zero-order chi connectivity index (χ0) is 7.71. The van der Waals surface area contributed by atoms with Crippen molar-refractivity contribution in [3.63, 3.8) is 0 Å². The molecule has 0 aliphatic rings. The Morgan fingerprint density at radius 3 is 1.09 bits per heavy atom. The van der Waals surface area contributed by atoms with Gasteiger partial charge < -0.3 is 0 Å². The molecule has 0 atom stereocenters. The van der Waals surface area contributed by atoms with Gasteiger partial charge in [-0.1, -0.05) is 0 Å². The average Bonchev–Trinajstić information content (AvgIpc) is 1.14. The van der Waals surface area contributed by atoms with E-state index in [9.17, 15) is 23.5 Å². The van der Waals surface area contributed by atoms with E-state index >= 15 is 0 Å². The van der Waals surface area contributed by atoms with Gasteiger partial charge in [-0.15, -0.1) is 0 Å². The van der Waals surface area contributed by atoms with Crippen LogP contribution < -0.4 is 59.7 Å².